The lowest BCUT2D eigenvalue weighted by atomic mass is 10.1. The van der Waals surface area contributed by atoms with Crippen LogP contribution in [0.4, 0.5) is 5.69 Å². The molecule has 33 heavy (non-hydrogen) atoms. The minimum atomic E-state index is -4.41. The number of hydrogen-bond acceptors (Lipinski definition) is 8. The number of carbonyl (C=O) groups excluding carboxylic acids is 3. The van der Waals surface area contributed by atoms with Crippen molar-refractivity contribution < 1.29 is 37.0 Å². The van der Waals surface area contributed by atoms with Crippen molar-refractivity contribution in [3.63, 3.8) is 0 Å². The van der Waals surface area contributed by atoms with Crippen LogP contribution in [0.3, 0.4) is 0 Å². The zero-order valence-corrected chi connectivity index (χ0v) is 18.9. The SMILES string of the molecule is COC(=O)c1ccc(C(=O)OC)c(S(=O)(=O)Nc2ccccc2C(=O)NC[C@H]2CCCO2)c1. The Bertz CT molecular complexity index is 1160. The van der Waals surface area contributed by atoms with Gasteiger partial charge in [-0.05, 0) is 43.2 Å². The molecular weight excluding hydrogens is 452 g/mol. The Morgan fingerprint density at radius 3 is 2.42 bits per heavy atom. The third-order valence-corrected chi connectivity index (χ3v) is 6.43. The quantitative estimate of drug-likeness (QED) is 0.552. The average Bonchev–Trinajstić information content (AvgIpc) is 3.35. The summed E-state index contributed by atoms with van der Waals surface area (Å²) in [6, 6.07) is 9.46. The van der Waals surface area contributed by atoms with Gasteiger partial charge in [0.15, 0.2) is 0 Å². The molecule has 1 saturated heterocycles. The summed E-state index contributed by atoms with van der Waals surface area (Å²) in [6.07, 6.45) is 1.67. The van der Waals surface area contributed by atoms with Gasteiger partial charge in [0, 0.05) is 13.2 Å². The third kappa shape index (κ3) is 5.68. The van der Waals surface area contributed by atoms with E-state index in [4.69, 9.17) is 4.74 Å². The molecule has 2 aromatic rings. The van der Waals surface area contributed by atoms with Crippen molar-refractivity contribution in [2.45, 2.75) is 23.8 Å². The van der Waals surface area contributed by atoms with Crippen LogP contribution in [0.5, 0.6) is 0 Å². The Balaban J connectivity index is 1.92. The maximum absolute atomic E-state index is 13.2. The van der Waals surface area contributed by atoms with E-state index in [1.54, 1.807) is 12.1 Å². The summed E-state index contributed by atoms with van der Waals surface area (Å²) < 4.78 is 43.6. The first kappa shape index (κ1) is 24.2. The Morgan fingerprint density at radius 1 is 1.03 bits per heavy atom. The molecule has 176 valence electrons. The minimum absolute atomic E-state index is 0.00151. The molecule has 1 fully saturated rings. The monoisotopic (exact) mass is 476 g/mol. The lowest BCUT2D eigenvalue weighted by Gasteiger charge is -2.16. The molecule has 1 amide bonds. The van der Waals surface area contributed by atoms with Gasteiger partial charge < -0.3 is 19.5 Å². The number of para-hydroxylation sites is 1. The first-order chi connectivity index (χ1) is 15.8. The summed E-state index contributed by atoms with van der Waals surface area (Å²) in [5.41, 5.74) is -0.268. The van der Waals surface area contributed by atoms with Crippen LogP contribution in [0, 0.1) is 0 Å². The predicted octanol–water partition coefficient (Wildman–Crippen LogP) is 1.97. The van der Waals surface area contributed by atoms with Crippen LogP contribution in [0.25, 0.3) is 0 Å². The highest BCUT2D eigenvalue weighted by Crippen LogP contribution is 2.25. The number of hydrogen-bond donors (Lipinski definition) is 2. The van der Waals surface area contributed by atoms with E-state index in [1.165, 1.54) is 18.2 Å². The molecule has 3 rings (SSSR count). The summed E-state index contributed by atoms with van der Waals surface area (Å²) >= 11 is 0. The van der Waals surface area contributed by atoms with Crippen molar-refractivity contribution in [1.82, 2.24) is 5.32 Å². The van der Waals surface area contributed by atoms with Crippen LogP contribution in [-0.4, -0.2) is 59.7 Å². The van der Waals surface area contributed by atoms with Gasteiger partial charge in [-0.1, -0.05) is 12.1 Å². The molecule has 2 N–H and O–H groups in total. The van der Waals surface area contributed by atoms with E-state index in [2.05, 4.69) is 19.5 Å². The Hall–Kier alpha value is -3.44. The highest BCUT2D eigenvalue weighted by Gasteiger charge is 2.27. The number of esters is 2. The molecular formula is C22H24N2O8S. The molecule has 0 radical (unpaired) electrons. The molecule has 0 aliphatic carbocycles. The van der Waals surface area contributed by atoms with Gasteiger partial charge in [0.05, 0.1) is 42.7 Å². The fourth-order valence-electron chi connectivity index (χ4n) is 3.35. The molecule has 11 heteroatoms. The average molecular weight is 477 g/mol. The van der Waals surface area contributed by atoms with Crippen molar-refractivity contribution in [3.8, 4) is 0 Å². The van der Waals surface area contributed by atoms with Crippen molar-refractivity contribution in [2.75, 3.05) is 32.1 Å². The second kappa shape index (κ2) is 10.5. The lowest BCUT2D eigenvalue weighted by molar-refractivity contribution is 0.0583. The summed E-state index contributed by atoms with van der Waals surface area (Å²) in [5.74, 6) is -2.17. The summed E-state index contributed by atoms with van der Waals surface area (Å²) in [4.78, 5) is 36.3. The molecule has 10 nitrogen and oxygen atoms in total. The normalized spacial score (nSPS) is 15.5. The lowest BCUT2D eigenvalue weighted by Crippen LogP contribution is -2.32. The molecule has 0 saturated carbocycles. The van der Waals surface area contributed by atoms with Crippen LogP contribution in [0.15, 0.2) is 47.4 Å². The van der Waals surface area contributed by atoms with Crippen LogP contribution >= 0.6 is 0 Å². The number of methoxy groups -OCH3 is 2. The minimum Gasteiger partial charge on any atom is -0.465 e. The molecule has 1 heterocycles. The molecule has 1 atom stereocenters. The zero-order valence-electron chi connectivity index (χ0n) is 18.1. The highest BCUT2D eigenvalue weighted by atomic mass is 32.2. The number of sulfonamides is 1. The topological polar surface area (TPSA) is 137 Å². The number of benzene rings is 2. The molecule has 0 aromatic heterocycles. The largest absolute Gasteiger partial charge is 0.465 e. The Morgan fingerprint density at radius 2 is 1.76 bits per heavy atom. The maximum atomic E-state index is 13.2. The standard InChI is InChI=1S/C22H24N2O8S/c1-30-21(26)14-9-10-17(22(27)31-2)19(12-14)33(28,29)24-18-8-4-3-7-16(18)20(25)23-13-15-6-5-11-32-15/h3-4,7-10,12,15,24H,5-6,11,13H2,1-2H3,(H,23,25)/t15-/m1/s1. The van der Waals surface area contributed by atoms with E-state index in [0.29, 0.717) is 13.2 Å². The van der Waals surface area contributed by atoms with E-state index in [0.717, 1.165) is 39.2 Å². The Labute approximate surface area is 191 Å². The molecule has 1 aliphatic heterocycles. The van der Waals surface area contributed by atoms with E-state index in [-0.39, 0.29) is 28.5 Å². The van der Waals surface area contributed by atoms with Crippen molar-refractivity contribution in [1.29, 1.82) is 0 Å². The van der Waals surface area contributed by atoms with Gasteiger partial charge in [-0.25, -0.2) is 18.0 Å². The van der Waals surface area contributed by atoms with Crippen molar-refractivity contribution in [3.05, 3.63) is 59.2 Å². The van der Waals surface area contributed by atoms with E-state index < -0.39 is 32.8 Å². The van der Waals surface area contributed by atoms with Crippen LogP contribution in [-0.2, 0) is 24.2 Å². The van der Waals surface area contributed by atoms with Gasteiger partial charge in [-0.3, -0.25) is 9.52 Å². The molecule has 0 spiro atoms. The highest BCUT2D eigenvalue weighted by molar-refractivity contribution is 7.92. The first-order valence-electron chi connectivity index (χ1n) is 10.1. The summed E-state index contributed by atoms with van der Waals surface area (Å²) in [5, 5.41) is 2.74. The van der Waals surface area contributed by atoms with Gasteiger partial charge in [0.25, 0.3) is 15.9 Å². The van der Waals surface area contributed by atoms with Crippen molar-refractivity contribution in [2.24, 2.45) is 0 Å². The van der Waals surface area contributed by atoms with Gasteiger partial charge >= 0.3 is 11.9 Å². The second-order valence-electron chi connectivity index (χ2n) is 7.19. The predicted molar refractivity (Wildman–Crippen MR) is 118 cm³/mol. The van der Waals surface area contributed by atoms with E-state index in [1.807, 2.05) is 0 Å². The van der Waals surface area contributed by atoms with Crippen LogP contribution in [0.2, 0.25) is 0 Å². The molecule has 1 aliphatic rings. The number of rotatable bonds is 8. The van der Waals surface area contributed by atoms with Gasteiger partial charge in [0.2, 0.25) is 0 Å². The maximum Gasteiger partial charge on any atom is 0.339 e. The molecule has 0 unspecified atom stereocenters. The van der Waals surface area contributed by atoms with Crippen LogP contribution < -0.4 is 10.0 Å². The van der Waals surface area contributed by atoms with Gasteiger partial charge in [-0.15, -0.1) is 0 Å². The van der Waals surface area contributed by atoms with E-state index >= 15 is 0 Å². The number of nitrogens with one attached hydrogen (secondary N) is 2. The first-order valence-corrected chi connectivity index (χ1v) is 11.6. The zero-order chi connectivity index (χ0) is 24.0. The number of amides is 1. The third-order valence-electron chi connectivity index (χ3n) is 5.03. The summed E-state index contributed by atoms with van der Waals surface area (Å²) in [7, 11) is -2.16. The van der Waals surface area contributed by atoms with Gasteiger partial charge in [0.1, 0.15) is 4.90 Å². The van der Waals surface area contributed by atoms with E-state index in [9.17, 15) is 22.8 Å². The Kier molecular flexibility index (Phi) is 7.67. The fourth-order valence-corrected chi connectivity index (χ4v) is 4.65. The number of ether oxygens (including phenoxy) is 3. The smallest absolute Gasteiger partial charge is 0.339 e. The fraction of sp³-hybridized carbons (Fsp3) is 0.318. The van der Waals surface area contributed by atoms with Crippen molar-refractivity contribution >= 4 is 33.6 Å². The second-order valence-corrected chi connectivity index (χ2v) is 8.84. The number of anilines is 1. The number of carbonyl (C=O) groups is 3. The summed E-state index contributed by atoms with van der Waals surface area (Å²) in [6.45, 7) is 0.942. The van der Waals surface area contributed by atoms with Gasteiger partial charge in [-0.2, -0.15) is 0 Å². The molecule has 0 bridgehead atoms. The molecule has 2 aromatic carbocycles. The van der Waals surface area contributed by atoms with Crippen LogP contribution in [0.1, 0.15) is 43.9 Å².